The Labute approximate surface area is 145 Å². The van der Waals surface area contributed by atoms with Gasteiger partial charge in [0.1, 0.15) is 11.4 Å². The van der Waals surface area contributed by atoms with Gasteiger partial charge in [-0.05, 0) is 42.2 Å². The van der Waals surface area contributed by atoms with E-state index in [-0.39, 0.29) is 5.91 Å². The number of H-pyrrole nitrogens is 1. The Hall–Kier alpha value is -2.40. The van der Waals surface area contributed by atoms with E-state index in [0.29, 0.717) is 12.2 Å². The van der Waals surface area contributed by atoms with Crippen LogP contribution in [0.5, 0.6) is 5.75 Å². The van der Waals surface area contributed by atoms with Crippen LogP contribution in [-0.4, -0.2) is 36.2 Å². The third-order valence-electron chi connectivity index (χ3n) is 3.99. The van der Waals surface area contributed by atoms with Crippen molar-refractivity contribution in [2.75, 3.05) is 20.4 Å². The molecule has 1 N–H and O–H groups in total. The first-order chi connectivity index (χ1) is 11.6. The lowest BCUT2D eigenvalue weighted by molar-refractivity contribution is 0.0780. The summed E-state index contributed by atoms with van der Waals surface area (Å²) in [5, 5.41) is 0.997. The molecule has 2 aromatic carbocycles. The van der Waals surface area contributed by atoms with Crippen molar-refractivity contribution in [2.24, 2.45) is 0 Å². The maximum absolute atomic E-state index is 12.7. The molecule has 124 valence electrons. The van der Waals surface area contributed by atoms with Crippen molar-refractivity contribution >= 4 is 28.6 Å². The van der Waals surface area contributed by atoms with Gasteiger partial charge in [-0.1, -0.05) is 12.1 Å². The maximum Gasteiger partial charge on any atom is 0.270 e. The quantitative estimate of drug-likeness (QED) is 0.709. The third-order valence-corrected chi connectivity index (χ3v) is 4.73. The molecule has 0 fully saturated rings. The third kappa shape index (κ3) is 3.41. The topological polar surface area (TPSA) is 45.3 Å². The second-order valence-electron chi connectivity index (χ2n) is 5.65. The van der Waals surface area contributed by atoms with Gasteiger partial charge in [-0.3, -0.25) is 4.79 Å². The van der Waals surface area contributed by atoms with Crippen LogP contribution in [0.3, 0.4) is 0 Å². The molecule has 0 saturated carbocycles. The van der Waals surface area contributed by atoms with Crippen molar-refractivity contribution in [1.82, 2.24) is 9.88 Å². The van der Waals surface area contributed by atoms with Gasteiger partial charge in [-0.15, -0.1) is 11.8 Å². The van der Waals surface area contributed by atoms with Crippen molar-refractivity contribution in [3.8, 4) is 5.75 Å². The van der Waals surface area contributed by atoms with Crippen molar-refractivity contribution < 1.29 is 9.53 Å². The number of rotatable bonds is 5. The number of benzene rings is 2. The Bertz CT molecular complexity index is 855. The highest BCUT2D eigenvalue weighted by Gasteiger charge is 2.15. The van der Waals surface area contributed by atoms with Gasteiger partial charge in [0, 0.05) is 35.5 Å². The molecule has 3 rings (SSSR count). The van der Waals surface area contributed by atoms with Crippen LogP contribution in [0.1, 0.15) is 16.1 Å². The van der Waals surface area contributed by atoms with Crippen molar-refractivity contribution in [3.63, 3.8) is 0 Å². The molecular formula is C19H20N2O2S. The molecule has 0 bridgehead atoms. The lowest BCUT2D eigenvalue weighted by Crippen LogP contribution is -2.26. The fourth-order valence-electron chi connectivity index (χ4n) is 2.63. The number of fused-ring (bicyclic) bond motifs is 1. The normalized spacial score (nSPS) is 10.8. The van der Waals surface area contributed by atoms with Crippen LogP contribution >= 0.6 is 11.8 Å². The Kier molecular flexibility index (Phi) is 4.81. The largest absolute Gasteiger partial charge is 0.497 e. The van der Waals surface area contributed by atoms with Crippen LogP contribution in [0, 0.1) is 0 Å². The van der Waals surface area contributed by atoms with Crippen molar-refractivity contribution in [2.45, 2.75) is 11.4 Å². The predicted molar refractivity (Wildman–Crippen MR) is 98.9 cm³/mol. The Morgan fingerprint density at radius 3 is 2.58 bits per heavy atom. The molecule has 0 radical (unpaired) electrons. The Morgan fingerprint density at radius 1 is 1.17 bits per heavy atom. The Balaban J connectivity index is 1.77. The number of amides is 1. The first kappa shape index (κ1) is 16.5. The van der Waals surface area contributed by atoms with Gasteiger partial charge in [-0.2, -0.15) is 0 Å². The van der Waals surface area contributed by atoms with E-state index in [1.165, 1.54) is 4.90 Å². The number of aromatic nitrogens is 1. The van der Waals surface area contributed by atoms with Gasteiger partial charge in [0.15, 0.2) is 0 Å². The number of hydrogen-bond acceptors (Lipinski definition) is 3. The number of thioether (sulfide) groups is 1. The highest BCUT2D eigenvalue weighted by molar-refractivity contribution is 7.98. The molecule has 3 aromatic rings. The number of carbonyl (C=O) groups excluding carboxylic acids is 1. The van der Waals surface area contributed by atoms with E-state index in [0.717, 1.165) is 22.2 Å². The van der Waals surface area contributed by atoms with Gasteiger partial charge in [-0.25, -0.2) is 0 Å². The number of ether oxygens (including phenoxy) is 1. The zero-order valence-electron chi connectivity index (χ0n) is 14.0. The smallest absolute Gasteiger partial charge is 0.270 e. The maximum atomic E-state index is 12.7. The summed E-state index contributed by atoms with van der Waals surface area (Å²) in [6, 6.07) is 15.9. The van der Waals surface area contributed by atoms with Crippen LogP contribution in [0.25, 0.3) is 10.9 Å². The van der Waals surface area contributed by atoms with Gasteiger partial charge < -0.3 is 14.6 Å². The summed E-state index contributed by atoms with van der Waals surface area (Å²) in [4.78, 5) is 18.8. The first-order valence-corrected chi connectivity index (χ1v) is 8.88. The number of nitrogens with zero attached hydrogens (tertiary/aromatic N) is 1. The number of hydrogen-bond donors (Lipinski definition) is 1. The average Bonchev–Trinajstić information content (AvgIpc) is 3.04. The minimum atomic E-state index is -0.0286. The second kappa shape index (κ2) is 7.01. The van der Waals surface area contributed by atoms with E-state index in [9.17, 15) is 4.79 Å². The molecule has 1 aromatic heterocycles. The predicted octanol–water partition coefficient (Wildman–Crippen LogP) is 4.17. The molecule has 4 nitrogen and oxygen atoms in total. The minimum absolute atomic E-state index is 0.0286. The van der Waals surface area contributed by atoms with E-state index in [1.807, 2.05) is 31.3 Å². The fraction of sp³-hybridized carbons (Fsp3) is 0.211. The molecule has 0 aliphatic carbocycles. The summed E-state index contributed by atoms with van der Waals surface area (Å²) >= 11 is 1.71. The SMILES string of the molecule is COc1ccc2cc(C(=O)N(C)Cc3ccc(SC)cc3)[nH]c2c1. The van der Waals surface area contributed by atoms with E-state index < -0.39 is 0 Å². The average molecular weight is 340 g/mol. The summed E-state index contributed by atoms with van der Waals surface area (Å²) in [5.41, 5.74) is 2.60. The molecule has 0 atom stereocenters. The van der Waals surface area contributed by atoms with E-state index in [1.54, 1.807) is 23.8 Å². The highest BCUT2D eigenvalue weighted by atomic mass is 32.2. The number of nitrogens with one attached hydrogen (secondary N) is 1. The first-order valence-electron chi connectivity index (χ1n) is 7.66. The lowest BCUT2D eigenvalue weighted by Gasteiger charge is -2.16. The molecule has 0 spiro atoms. The molecular weight excluding hydrogens is 320 g/mol. The van der Waals surface area contributed by atoms with Crippen molar-refractivity contribution in [1.29, 1.82) is 0 Å². The number of aromatic amines is 1. The van der Waals surface area contributed by atoms with Gasteiger partial charge in [0.2, 0.25) is 0 Å². The summed E-state index contributed by atoms with van der Waals surface area (Å²) in [6.45, 7) is 0.576. The molecule has 0 aliphatic heterocycles. The molecule has 0 saturated heterocycles. The monoisotopic (exact) mass is 340 g/mol. The highest BCUT2D eigenvalue weighted by Crippen LogP contribution is 2.22. The fourth-order valence-corrected chi connectivity index (χ4v) is 3.04. The Morgan fingerprint density at radius 2 is 1.92 bits per heavy atom. The molecule has 0 aliphatic rings. The van der Waals surface area contributed by atoms with Gasteiger partial charge in [0.25, 0.3) is 5.91 Å². The van der Waals surface area contributed by atoms with Crippen LogP contribution in [0.15, 0.2) is 53.4 Å². The van der Waals surface area contributed by atoms with E-state index >= 15 is 0 Å². The lowest BCUT2D eigenvalue weighted by atomic mass is 10.2. The number of carbonyl (C=O) groups is 1. The van der Waals surface area contributed by atoms with Gasteiger partial charge in [0.05, 0.1) is 7.11 Å². The summed E-state index contributed by atoms with van der Waals surface area (Å²) in [6.07, 6.45) is 2.05. The molecule has 1 heterocycles. The molecule has 0 unspecified atom stereocenters. The second-order valence-corrected chi connectivity index (χ2v) is 6.53. The van der Waals surface area contributed by atoms with E-state index in [4.69, 9.17) is 4.74 Å². The zero-order valence-corrected chi connectivity index (χ0v) is 14.8. The van der Waals surface area contributed by atoms with E-state index in [2.05, 4.69) is 35.5 Å². The molecule has 24 heavy (non-hydrogen) atoms. The zero-order chi connectivity index (χ0) is 17.1. The number of methoxy groups -OCH3 is 1. The summed E-state index contributed by atoms with van der Waals surface area (Å²) < 4.78 is 5.22. The van der Waals surface area contributed by atoms with Crippen LogP contribution in [0.4, 0.5) is 0 Å². The van der Waals surface area contributed by atoms with Crippen LogP contribution in [0.2, 0.25) is 0 Å². The van der Waals surface area contributed by atoms with Crippen LogP contribution < -0.4 is 4.74 Å². The minimum Gasteiger partial charge on any atom is -0.497 e. The molecule has 1 amide bonds. The standard InChI is InChI=1S/C19H20N2O2S/c1-21(12-13-4-8-16(24-3)9-5-13)19(22)18-10-14-6-7-15(23-2)11-17(14)20-18/h4-11,20H,12H2,1-3H3. The summed E-state index contributed by atoms with van der Waals surface area (Å²) in [7, 11) is 3.45. The molecule has 5 heteroatoms. The van der Waals surface area contributed by atoms with Crippen molar-refractivity contribution in [3.05, 3.63) is 59.8 Å². The summed E-state index contributed by atoms with van der Waals surface area (Å²) in [5.74, 6) is 0.740. The van der Waals surface area contributed by atoms with Gasteiger partial charge >= 0.3 is 0 Å². The van der Waals surface area contributed by atoms with Crippen LogP contribution in [-0.2, 0) is 6.54 Å².